The molecule has 0 aliphatic carbocycles. The molecule has 1 aromatic carbocycles. The van der Waals surface area contributed by atoms with Gasteiger partial charge in [0.2, 0.25) is 10.0 Å². The molecular formula is C13H17BrFNO4S. The SMILES string of the molecule is CCC(NS(=O)(=O)c1cc(Br)cc(C(=O)O)c1F)C(C)C. The van der Waals surface area contributed by atoms with Gasteiger partial charge in [0.05, 0.1) is 5.56 Å². The maximum absolute atomic E-state index is 14.1. The topological polar surface area (TPSA) is 83.5 Å². The summed E-state index contributed by atoms with van der Waals surface area (Å²) < 4.78 is 41.3. The molecule has 0 aliphatic rings. The second-order valence-corrected chi connectivity index (χ2v) is 7.55. The number of halogens is 2. The summed E-state index contributed by atoms with van der Waals surface area (Å²) in [5, 5.41) is 8.92. The molecule has 1 rings (SSSR count). The lowest BCUT2D eigenvalue weighted by Crippen LogP contribution is -2.38. The fourth-order valence-corrected chi connectivity index (χ4v) is 4.07. The predicted octanol–water partition coefficient (Wildman–Crippen LogP) is 3.00. The Morgan fingerprint density at radius 2 is 2.00 bits per heavy atom. The second kappa shape index (κ2) is 6.85. The molecule has 5 nitrogen and oxygen atoms in total. The van der Waals surface area contributed by atoms with Gasteiger partial charge in [-0.05, 0) is 24.5 Å². The highest BCUT2D eigenvalue weighted by Gasteiger charge is 2.27. The van der Waals surface area contributed by atoms with E-state index in [-0.39, 0.29) is 16.4 Å². The Bertz CT molecular complexity index is 646. The summed E-state index contributed by atoms with van der Waals surface area (Å²) in [4.78, 5) is 10.3. The molecule has 0 heterocycles. The van der Waals surface area contributed by atoms with E-state index in [0.29, 0.717) is 6.42 Å². The Labute approximate surface area is 131 Å². The van der Waals surface area contributed by atoms with E-state index in [1.54, 1.807) is 0 Å². The Balaban J connectivity index is 3.35. The molecular weight excluding hydrogens is 365 g/mol. The van der Waals surface area contributed by atoms with Crippen LogP contribution in [0.1, 0.15) is 37.6 Å². The van der Waals surface area contributed by atoms with Crippen LogP contribution in [0.15, 0.2) is 21.5 Å². The molecule has 0 amide bonds. The summed E-state index contributed by atoms with van der Waals surface area (Å²) in [6, 6.07) is 1.72. The van der Waals surface area contributed by atoms with Gasteiger partial charge in [-0.25, -0.2) is 22.3 Å². The van der Waals surface area contributed by atoms with Crippen LogP contribution in [0.25, 0.3) is 0 Å². The van der Waals surface area contributed by atoms with E-state index in [4.69, 9.17) is 5.11 Å². The fourth-order valence-electron chi connectivity index (χ4n) is 1.87. The number of hydrogen-bond acceptors (Lipinski definition) is 3. The average Bonchev–Trinajstić information content (AvgIpc) is 2.37. The number of nitrogens with one attached hydrogen (secondary N) is 1. The zero-order valence-electron chi connectivity index (χ0n) is 11.9. The summed E-state index contributed by atoms with van der Waals surface area (Å²) >= 11 is 3.00. The van der Waals surface area contributed by atoms with Crippen molar-refractivity contribution in [3.8, 4) is 0 Å². The summed E-state index contributed by atoms with van der Waals surface area (Å²) in [5.41, 5.74) is -0.692. The minimum atomic E-state index is -4.14. The van der Waals surface area contributed by atoms with Gasteiger partial charge in [0.15, 0.2) is 5.82 Å². The van der Waals surface area contributed by atoms with Gasteiger partial charge in [-0.3, -0.25) is 0 Å². The average molecular weight is 382 g/mol. The van der Waals surface area contributed by atoms with Gasteiger partial charge in [-0.15, -0.1) is 0 Å². The number of rotatable bonds is 6. The van der Waals surface area contributed by atoms with E-state index < -0.39 is 32.3 Å². The van der Waals surface area contributed by atoms with E-state index in [2.05, 4.69) is 20.7 Å². The highest BCUT2D eigenvalue weighted by Crippen LogP contribution is 2.25. The smallest absolute Gasteiger partial charge is 0.338 e. The molecule has 1 atom stereocenters. The molecule has 0 saturated carbocycles. The van der Waals surface area contributed by atoms with Gasteiger partial charge in [-0.1, -0.05) is 36.7 Å². The molecule has 0 saturated heterocycles. The molecule has 0 aliphatic heterocycles. The number of carboxylic acid groups (broad SMARTS) is 1. The normalized spacial score (nSPS) is 13.4. The van der Waals surface area contributed by atoms with Crippen molar-refractivity contribution in [1.29, 1.82) is 0 Å². The van der Waals surface area contributed by atoms with Gasteiger partial charge < -0.3 is 5.11 Å². The molecule has 8 heteroatoms. The largest absolute Gasteiger partial charge is 0.478 e. The maximum Gasteiger partial charge on any atom is 0.338 e. The molecule has 0 radical (unpaired) electrons. The Kier molecular flexibility index (Phi) is 5.89. The third-order valence-electron chi connectivity index (χ3n) is 3.08. The van der Waals surface area contributed by atoms with Crippen molar-refractivity contribution >= 4 is 31.9 Å². The van der Waals surface area contributed by atoms with Crippen molar-refractivity contribution in [2.75, 3.05) is 0 Å². The van der Waals surface area contributed by atoms with Crippen molar-refractivity contribution in [2.24, 2.45) is 5.92 Å². The zero-order valence-corrected chi connectivity index (χ0v) is 14.3. The summed E-state index contributed by atoms with van der Waals surface area (Å²) in [5.74, 6) is -2.77. The molecule has 1 unspecified atom stereocenters. The quantitative estimate of drug-likeness (QED) is 0.793. The van der Waals surface area contributed by atoms with E-state index in [0.717, 1.165) is 12.1 Å². The monoisotopic (exact) mass is 381 g/mol. The van der Waals surface area contributed by atoms with Crippen molar-refractivity contribution < 1.29 is 22.7 Å². The first-order chi connectivity index (χ1) is 9.60. The third-order valence-corrected chi connectivity index (χ3v) is 5.02. The van der Waals surface area contributed by atoms with Crippen LogP contribution < -0.4 is 4.72 Å². The van der Waals surface area contributed by atoms with Gasteiger partial charge in [-0.2, -0.15) is 0 Å². The van der Waals surface area contributed by atoms with Gasteiger partial charge >= 0.3 is 5.97 Å². The molecule has 0 aromatic heterocycles. The van der Waals surface area contributed by atoms with Crippen LogP contribution in [0.5, 0.6) is 0 Å². The highest BCUT2D eigenvalue weighted by molar-refractivity contribution is 9.10. The van der Waals surface area contributed by atoms with Crippen LogP contribution in [0, 0.1) is 11.7 Å². The Morgan fingerprint density at radius 3 is 2.43 bits per heavy atom. The highest BCUT2D eigenvalue weighted by atomic mass is 79.9. The van der Waals surface area contributed by atoms with Gasteiger partial charge in [0, 0.05) is 10.5 Å². The maximum atomic E-state index is 14.1. The fraction of sp³-hybridized carbons (Fsp3) is 0.462. The van der Waals surface area contributed by atoms with Crippen LogP contribution in [-0.2, 0) is 10.0 Å². The lowest BCUT2D eigenvalue weighted by Gasteiger charge is -2.21. The third kappa shape index (κ3) is 4.24. The first-order valence-corrected chi connectivity index (χ1v) is 8.62. The number of sulfonamides is 1. The molecule has 21 heavy (non-hydrogen) atoms. The number of carbonyl (C=O) groups is 1. The van der Waals surface area contributed by atoms with Crippen LogP contribution in [-0.4, -0.2) is 25.5 Å². The molecule has 0 bridgehead atoms. The number of hydrogen-bond donors (Lipinski definition) is 2. The van der Waals surface area contributed by atoms with Gasteiger partial charge in [0.25, 0.3) is 0 Å². The van der Waals surface area contributed by atoms with Crippen molar-refractivity contribution in [3.05, 3.63) is 28.0 Å². The predicted molar refractivity (Wildman–Crippen MR) is 80.3 cm³/mol. The lowest BCUT2D eigenvalue weighted by atomic mass is 10.0. The van der Waals surface area contributed by atoms with Crippen molar-refractivity contribution in [3.63, 3.8) is 0 Å². The number of benzene rings is 1. The second-order valence-electron chi connectivity index (χ2n) is 4.95. The van der Waals surface area contributed by atoms with E-state index >= 15 is 0 Å². The molecule has 2 N–H and O–H groups in total. The summed E-state index contributed by atoms with van der Waals surface area (Å²) in [6.45, 7) is 5.50. The number of carboxylic acids is 1. The van der Waals surface area contributed by atoms with E-state index in [9.17, 15) is 17.6 Å². The van der Waals surface area contributed by atoms with Crippen molar-refractivity contribution in [1.82, 2.24) is 4.72 Å². The summed E-state index contributed by atoms with van der Waals surface area (Å²) in [6.07, 6.45) is 0.540. The molecule has 0 spiro atoms. The van der Waals surface area contributed by atoms with Crippen LogP contribution in [0.4, 0.5) is 4.39 Å². The van der Waals surface area contributed by atoms with Crippen LogP contribution in [0.2, 0.25) is 0 Å². The molecule has 118 valence electrons. The van der Waals surface area contributed by atoms with Crippen LogP contribution in [0.3, 0.4) is 0 Å². The van der Waals surface area contributed by atoms with Gasteiger partial charge in [0.1, 0.15) is 4.90 Å². The Morgan fingerprint density at radius 1 is 1.43 bits per heavy atom. The first-order valence-electron chi connectivity index (χ1n) is 6.34. The van der Waals surface area contributed by atoms with E-state index in [1.807, 2.05) is 20.8 Å². The van der Waals surface area contributed by atoms with Crippen LogP contribution >= 0.6 is 15.9 Å². The lowest BCUT2D eigenvalue weighted by molar-refractivity contribution is 0.0691. The molecule has 0 fully saturated rings. The zero-order chi connectivity index (χ0) is 16.4. The first kappa shape index (κ1) is 18.1. The molecule has 1 aromatic rings. The standard InChI is InChI=1S/C13H17BrFNO4S/c1-4-10(7(2)3)16-21(19,20)11-6-8(14)5-9(12(11)15)13(17)18/h5-7,10,16H,4H2,1-3H3,(H,17,18). The summed E-state index contributed by atoms with van der Waals surface area (Å²) in [7, 11) is -4.14. The van der Waals surface area contributed by atoms with Crippen molar-refractivity contribution in [2.45, 2.75) is 38.1 Å². The minimum absolute atomic E-state index is 0.0268. The Hall–Kier alpha value is -0.990. The van der Waals surface area contributed by atoms with E-state index in [1.165, 1.54) is 0 Å². The minimum Gasteiger partial charge on any atom is -0.478 e. The number of aromatic carboxylic acids is 1.